The molecule has 1 aromatic heterocycles. The van der Waals surface area contributed by atoms with Crippen LogP contribution in [0.3, 0.4) is 0 Å². The number of benzene rings is 2. The smallest absolute Gasteiger partial charge is 0.272 e. The highest BCUT2D eigenvalue weighted by atomic mass is 35.5. The molecule has 0 saturated heterocycles. The van der Waals surface area contributed by atoms with Crippen molar-refractivity contribution in [3.8, 4) is 5.75 Å². The number of nitrogens with zero attached hydrogens (tertiary/aromatic N) is 1. The molecule has 0 aliphatic rings. The van der Waals surface area contributed by atoms with E-state index >= 15 is 0 Å². The minimum absolute atomic E-state index is 0.0723. The Hall–Kier alpha value is -3.78. The van der Waals surface area contributed by atoms with Gasteiger partial charge in [0.2, 0.25) is 5.91 Å². The molecule has 0 spiro atoms. The summed E-state index contributed by atoms with van der Waals surface area (Å²) in [6.07, 6.45) is 1.61. The highest BCUT2D eigenvalue weighted by molar-refractivity contribution is 6.30. The average Bonchev–Trinajstić information content (AvgIpc) is 2.89. The first-order chi connectivity index (χ1) is 17.8. The first-order valence-corrected chi connectivity index (χ1v) is 12.6. The molecule has 9 heteroatoms. The van der Waals surface area contributed by atoms with Gasteiger partial charge < -0.3 is 20.8 Å². The Bertz CT molecular complexity index is 1280. The number of nitrogens with one attached hydrogen (secondary N) is 3. The standard InChI is InChI=1S/C28H33ClN4O4/c1-4-30-27(35)18-37-25-11-10-23(29)14-22(25)17-31-26(34)15-24-19(2)12-13-33(28(24)36)32-16-20(3)21-8-6-5-7-9-21/h5-14,20,32H,4,15-18H2,1-3H3,(H,30,35)(H,31,34). The number of hydrogen-bond acceptors (Lipinski definition) is 5. The SMILES string of the molecule is CCNC(=O)COc1ccc(Cl)cc1CNC(=O)Cc1c(C)ccn(NCC(C)c2ccccc2)c1=O. The summed E-state index contributed by atoms with van der Waals surface area (Å²) in [5.74, 6) is 0.0922. The molecule has 1 unspecified atom stereocenters. The molecule has 3 rings (SSSR count). The zero-order chi connectivity index (χ0) is 26.8. The second-order valence-corrected chi connectivity index (χ2v) is 9.21. The first-order valence-electron chi connectivity index (χ1n) is 12.2. The normalized spacial score (nSPS) is 11.5. The van der Waals surface area contributed by atoms with Gasteiger partial charge in [0.1, 0.15) is 5.75 Å². The Balaban J connectivity index is 1.63. The van der Waals surface area contributed by atoms with Crippen LogP contribution in [0.25, 0.3) is 0 Å². The summed E-state index contributed by atoms with van der Waals surface area (Å²) in [6, 6.07) is 16.9. The Morgan fingerprint density at radius 3 is 2.54 bits per heavy atom. The van der Waals surface area contributed by atoms with Crippen LogP contribution in [0, 0.1) is 6.92 Å². The maximum absolute atomic E-state index is 13.1. The topological polar surface area (TPSA) is 101 Å². The molecule has 0 radical (unpaired) electrons. The van der Waals surface area contributed by atoms with Gasteiger partial charge in [-0.15, -0.1) is 0 Å². The third kappa shape index (κ3) is 8.11. The Labute approximate surface area is 222 Å². The molecule has 0 aliphatic heterocycles. The lowest BCUT2D eigenvalue weighted by Crippen LogP contribution is -2.35. The summed E-state index contributed by atoms with van der Waals surface area (Å²) < 4.78 is 7.04. The number of rotatable bonds is 12. The van der Waals surface area contributed by atoms with E-state index in [0.29, 0.717) is 35.0 Å². The predicted octanol–water partition coefficient (Wildman–Crippen LogP) is 3.53. The van der Waals surface area contributed by atoms with E-state index in [1.165, 1.54) is 10.2 Å². The van der Waals surface area contributed by atoms with E-state index < -0.39 is 0 Å². The van der Waals surface area contributed by atoms with Crippen LogP contribution >= 0.6 is 11.6 Å². The molecule has 0 saturated carbocycles. The zero-order valence-electron chi connectivity index (χ0n) is 21.3. The monoisotopic (exact) mass is 524 g/mol. The molecule has 8 nitrogen and oxygen atoms in total. The summed E-state index contributed by atoms with van der Waals surface area (Å²) in [4.78, 5) is 37.6. The lowest BCUT2D eigenvalue weighted by molar-refractivity contribution is -0.123. The maximum Gasteiger partial charge on any atom is 0.272 e. The minimum atomic E-state index is -0.315. The van der Waals surface area contributed by atoms with Crippen molar-refractivity contribution < 1.29 is 14.3 Å². The van der Waals surface area contributed by atoms with Crippen LogP contribution in [-0.2, 0) is 22.6 Å². The van der Waals surface area contributed by atoms with Crippen LogP contribution in [0.4, 0.5) is 0 Å². The van der Waals surface area contributed by atoms with Gasteiger partial charge in [-0.2, -0.15) is 0 Å². The van der Waals surface area contributed by atoms with Crippen LogP contribution in [0.15, 0.2) is 65.6 Å². The summed E-state index contributed by atoms with van der Waals surface area (Å²) in [7, 11) is 0. The number of pyridine rings is 1. The van der Waals surface area contributed by atoms with Crippen molar-refractivity contribution in [1.82, 2.24) is 15.3 Å². The van der Waals surface area contributed by atoms with Crippen molar-refractivity contribution in [1.29, 1.82) is 0 Å². The number of halogens is 1. The fourth-order valence-corrected chi connectivity index (χ4v) is 3.97. The summed E-state index contributed by atoms with van der Waals surface area (Å²) in [5.41, 5.74) is 5.86. The van der Waals surface area contributed by atoms with E-state index in [0.717, 1.165) is 5.56 Å². The van der Waals surface area contributed by atoms with Crippen molar-refractivity contribution in [3.05, 3.63) is 98.4 Å². The van der Waals surface area contributed by atoms with Gasteiger partial charge in [-0.3, -0.25) is 14.4 Å². The molecule has 37 heavy (non-hydrogen) atoms. The molecule has 0 bridgehead atoms. The van der Waals surface area contributed by atoms with Gasteiger partial charge in [-0.25, -0.2) is 4.68 Å². The number of likely N-dealkylation sites (N-methyl/N-ethyl adjacent to an activating group) is 1. The van der Waals surface area contributed by atoms with Crippen LogP contribution < -0.4 is 26.4 Å². The summed E-state index contributed by atoms with van der Waals surface area (Å²) in [5, 5.41) is 5.97. The third-order valence-electron chi connectivity index (χ3n) is 5.93. The Kier molecular flexibility index (Phi) is 10.1. The van der Waals surface area contributed by atoms with Crippen molar-refractivity contribution in [2.75, 3.05) is 25.1 Å². The van der Waals surface area contributed by atoms with Crippen molar-refractivity contribution in [3.63, 3.8) is 0 Å². The predicted molar refractivity (Wildman–Crippen MR) is 146 cm³/mol. The first kappa shape index (κ1) is 27.8. The van der Waals surface area contributed by atoms with E-state index in [-0.39, 0.29) is 42.9 Å². The molecule has 3 aromatic rings. The van der Waals surface area contributed by atoms with E-state index in [9.17, 15) is 14.4 Å². The zero-order valence-corrected chi connectivity index (χ0v) is 22.1. The number of ether oxygens (including phenoxy) is 1. The van der Waals surface area contributed by atoms with E-state index in [1.54, 1.807) is 24.4 Å². The lowest BCUT2D eigenvalue weighted by atomic mass is 10.0. The number of aromatic nitrogens is 1. The van der Waals surface area contributed by atoms with Crippen LogP contribution in [0.2, 0.25) is 5.02 Å². The van der Waals surface area contributed by atoms with Gasteiger partial charge >= 0.3 is 0 Å². The Morgan fingerprint density at radius 1 is 1.05 bits per heavy atom. The quantitative estimate of drug-likeness (QED) is 0.336. The van der Waals surface area contributed by atoms with E-state index in [4.69, 9.17) is 16.3 Å². The van der Waals surface area contributed by atoms with E-state index in [2.05, 4.69) is 35.1 Å². The molecular formula is C28H33ClN4O4. The highest BCUT2D eigenvalue weighted by Crippen LogP contribution is 2.23. The molecular weight excluding hydrogens is 492 g/mol. The fourth-order valence-electron chi connectivity index (χ4n) is 3.78. The van der Waals surface area contributed by atoms with Gasteiger partial charge in [0.15, 0.2) is 6.61 Å². The van der Waals surface area contributed by atoms with Crippen LogP contribution in [0.1, 0.15) is 42.0 Å². The van der Waals surface area contributed by atoms with Gasteiger partial charge in [-0.1, -0.05) is 48.9 Å². The highest BCUT2D eigenvalue weighted by Gasteiger charge is 2.14. The number of amides is 2. The Morgan fingerprint density at radius 2 is 1.81 bits per heavy atom. The summed E-state index contributed by atoms with van der Waals surface area (Å²) >= 11 is 6.13. The molecule has 2 aromatic carbocycles. The lowest BCUT2D eigenvalue weighted by Gasteiger charge is -2.17. The molecule has 3 N–H and O–H groups in total. The number of carbonyl (C=O) groups is 2. The van der Waals surface area contributed by atoms with E-state index in [1.807, 2.05) is 38.1 Å². The van der Waals surface area contributed by atoms with Crippen molar-refractivity contribution in [2.45, 2.75) is 39.7 Å². The molecule has 1 heterocycles. The molecule has 196 valence electrons. The molecule has 2 amide bonds. The average molecular weight is 525 g/mol. The fraction of sp³-hybridized carbons (Fsp3) is 0.321. The third-order valence-corrected chi connectivity index (χ3v) is 6.17. The van der Waals surface area contributed by atoms with Gasteiger partial charge in [0.25, 0.3) is 11.5 Å². The number of hydrogen-bond donors (Lipinski definition) is 3. The maximum atomic E-state index is 13.1. The van der Waals surface area contributed by atoms with Crippen LogP contribution in [0.5, 0.6) is 5.75 Å². The second kappa shape index (κ2) is 13.5. The number of aryl methyl sites for hydroxylation is 1. The van der Waals surface area contributed by atoms with Crippen molar-refractivity contribution in [2.24, 2.45) is 0 Å². The number of carbonyl (C=O) groups excluding carboxylic acids is 2. The molecule has 0 fully saturated rings. The largest absolute Gasteiger partial charge is 0.483 e. The van der Waals surface area contributed by atoms with Crippen molar-refractivity contribution >= 4 is 23.4 Å². The molecule has 0 aliphatic carbocycles. The van der Waals surface area contributed by atoms with Gasteiger partial charge in [-0.05, 0) is 55.2 Å². The van der Waals surface area contributed by atoms with Crippen LogP contribution in [-0.4, -0.2) is 36.2 Å². The van der Waals surface area contributed by atoms with Gasteiger partial charge in [0.05, 0.1) is 6.42 Å². The van der Waals surface area contributed by atoms with Gasteiger partial charge in [0, 0.05) is 42.0 Å². The second-order valence-electron chi connectivity index (χ2n) is 8.77. The molecule has 1 atom stereocenters. The summed E-state index contributed by atoms with van der Waals surface area (Å²) in [6.45, 7) is 6.78. The minimum Gasteiger partial charge on any atom is -0.483 e.